The van der Waals surface area contributed by atoms with Crippen molar-refractivity contribution in [2.75, 3.05) is 7.05 Å². The molecule has 2 N–H and O–H groups in total. The van der Waals surface area contributed by atoms with E-state index in [0.717, 1.165) is 5.60 Å². The molecule has 0 radical (unpaired) electrons. The van der Waals surface area contributed by atoms with Gasteiger partial charge in [0.1, 0.15) is 0 Å². The lowest BCUT2D eigenvalue weighted by Crippen LogP contribution is -2.34. The summed E-state index contributed by atoms with van der Waals surface area (Å²) in [5.74, 6) is 0. The zero-order chi connectivity index (χ0) is 9.46. The smallest absolute Gasteiger partial charge is 0.225 e. The Hall–Kier alpha value is -0.855. The first-order valence-corrected chi connectivity index (χ1v) is 4.34. The molecule has 0 aromatic rings. The van der Waals surface area contributed by atoms with Crippen LogP contribution in [-0.4, -0.2) is 18.7 Å². The minimum atomic E-state index is 0.404. The lowest BCUT2D eigenvalue weighted by atomic mass is 9.42. The minimum absolute atomic E-state index is 0.404. The Balaban J connectivity index is 3.13. The first-order chi connectivity index (χ1) is 5.46. The van der Waals surface area contributed by atoms with Crippen LogP contribution in [0.2, 0.25) is 6.82 Å². The third-order valence-electron chi connectivity index (χ3n) is 3.11. The molecule has 0 aromatic carbocycles. The van der Waals surface area contributed by atoms with Gasteiger partial charge in [0.05, 0.1) is 0 Å². The number of hydrogen-bond acceptors (Lipinski definition) is 2. The molecule has 1 aliphatic rings. The molecule has 12 heavy (non-hydrogen) atoms. The van der Waals surface area contributed by atoms with E-state index in [0.29, 0.717) is 6.71 Å². The molecule has 1 heterocycles. The van der Waals surface area contributed by atoms with Gasteiger partial charge in [-0.25, -0.2) is 0 Å². The van der Waals surface area contributed by atoms with Gasteiger partial charge in [0.15, 0.2) is 0 Å². The SMILES string of the molecule is CB1C(C)=C(C)N(C)C(C)=C1N. The van der Waals surface area contributed by atoms with E-state index in [1.54, 1.807) is 0 Å². The average Bonchev–Trinajstić information content (AvgIpc) is 2.08. The maximum Gasteiger partial charge on any atom is 0.225 e. The average molecular weight is 164 g/mol. The van der Waals surface area contributed by atoms with Crippen LogP contribution in [0.25, 0.3) is 0 Å². The lowest BCUT2D eigenvalue weighted by molar-refractivity contribution is 0.509. The van der Waals surface area contributed by atoms with Crippen LogP contribution in [0.3, 0.4) is 0 Å². The molecule has 0 saturated heterocycles. The topological polar surface area (TPSA) is 29.3 Å². The molecule has 0 bridgehead atoms. The first kappa shape index (κ1) is 9.23. The summed E-state index contributed by atoms with van der Waals surface area (Å²) in [7, 11) is 2.06. The van der Waals surface area contributed by atoms with Gasteiger partial charge in [-0.15, -0.1) is 0 Å². The number of allylic oxidation sites excluding steroid dienone is 3. The Bertz CT molecular complexity index is 214. The van der Waals surface area contributed by atoms with E-state index in [4.69, 9.17) is 5.73 Å². The van der Waals surface area contributed by atoms with Crippen molar-refractivity contribution in [3.63, 3.8) is 0 Å². The molecule has 1 rings (SSSR count). The van der Waals surface area contributed by atoms with Gasteiger partial charge in [0.25, 0.3) is 0 Å². The van der Waals surface area contributed by atoms with Crippen molar-refractivity contribution < 1.29 is 0 Å². The molecule has 0 spiro atoms. The quantitative estimate of drug-likeness (QED) is 0.551. The van der Waals surface area contributed by atoms with Gasteiger partial charge in [0, 0.05) is 18.4 Å². The van der Waals surface area contributed by atoms with Gasteiger partial charge in [0.2, 0.25) is 6.71 Å². The Kier molecular flexibility index (Phi) is 2.22. The maximum absolute atomic E-state index is 5.97. The molecule has 0 fully saturated rings. The molecule has 0 saturated carbocycles. The second-order valence-corrected chi connectivity index (χ2v) is 3.59. The van der Waals surface area contributed by atoms with E-state index in [1.165, 1.54) is 16.9 Å². The highest BCUT2D eigenvalue weighted by molar-refractivity contribution is 6.72. The van der Waals surface area contributed by atoms with Gasteiger partial charge in [-0.1, -0.05) is 12.3 Å². The molecule has 66 valence electrons. The van der Waals surface area contributed by atoms with E-state index >= 15 is 0 Å². The Morgan fingerprint density at radius 3 is 2.17 bits per heavy atom. The maximum atomic E-state index is 5.97. The van der Waals surface area contributed by atoms with Crippen molar-refractivity contribution in [1.29, 1.82) is 0 Å². The monoisotopic (exact) mass is 164 g/mol. The normalized spacial score (nSPS) is 19.4. The molecule has 0 aromatic heterocycles. The van der Waals surface area contributed by atoms with E-state index in [1.807, 2.05) is 0 Å². The summed E-state index contributed by atoms with van der Waals surface area (Å²) in [6.45, 7) is 8.92. The van der Waals surface area contributed by atoms with Crippen molar-refractivity contribution in [3.8, 4) is 0 Å². The van der Waals surface area contributed by atoms with Crippen LogP contribution in [0, 0.1) is 0 Å². The number of rotatable bonds is 0. The van der Waals surface area contributed by atoms with Crippen molar-refractivity contribution >= 4 is 6.71 Å². The van der Waals surface area contributed by atoms with E-state index < -0.39 is 0 Å². The molecule has 0 amide bonds. The summed E-state index contributed by atoms with van der Waals surface area (Å²) in [6, 6.07) is 0. The third kappa shape index (κ3) is 1.13. The molecule has 3 heteroatoms. The van der Waals surface area contributed by atoms with Crippen LogP contribution < -0.4 is 5.73 Å². The van der Waals surface area contributed by atoms with E-state index in [2.05, 4.69) is 39.5 Å². The van der Waals surface area contributed by atoms with Crippen molar-refractivity contribution in [3.05, 3.63) is 22.5 Å². The molecule has 0 unspecified atom stereocenters. The van der Waals surface area contributed by atoms with Crippen molar-refractivity contribution in [2.45, 2.75) is 27.6 Å². The van der Waals surface area contributed by atoms with E-state index in [-0.39, 0.29) is 0 Å². The first-order valence-electron chi connectivity index (χ1n) is 4.34. The summed E-state index contributed by atoms with van der Waals surface area (Å²) < 4.78 is 0. The summed E-state index contributed by atoms with van der Waals surface area (Å²) in [5, 5.41) is 0. The highest BCUT2D eigenvalue weighted by Crippen LogP contribution is 2.24. The third-order valence-corrected chi connectivity index (χ3v) is 3.11. The zero-order valence-electron chi connectivity index (χ0n) is 8.60. The summed E-state index contributed by atoms with van der Waals surface area (Å²) in [4.78, 5) is 2.16. The lowest BCUT2D eigenvalue weighted by Gasteiger charge is -2.32. The fourth-order valence-electron chi connectivity index (χ4n) is 1.57. The fraction of sp³-hybridized carbons (Fsp3) is 0.556. The van der Waals surface area contributed by atoms with Gasteiger partial charge in [-0.3, -0.25) is 0 Å². The Morgan fingerprint density at radius 1 is 1.17 bits per heavy atom. The predicted octanol–water partition coefficient (Wildman–Crippen LogP) is 1.62. The summed E-state index contributed by atoms with van der Waals surface area (Å²) >= 11 is 0. The summed E-state index contributed by atoms with van der Waals surface area (Å²) in [6.07, 6.45) is 0. The minimum Gasteiger partial charge on any atom is -0.408 e. The van der Waals surface area contributed by atoms with Crippen LogP contribution >= 0.6 is 0 Å². The molecule has 0 atom stereocenters. The Morgan fingerprint density at radius 2 is 1.67 bits per heavy atom. The summed E-state index contributed by atoms with van der Waals surface area (Å²) in [5.41, 5.74) is 10.9. The highest BCUT2D eigenvalue weighted by atomic mass is 15.1. The zero-order valence-corrected chi connectivity index (χ0v) is 8.60. The van der Waals surface area contributed by atoms with Crippen molar-refractivity contribution in [2.24, 2.45) is 5.73 Å². The van der Waals surface area contributed by atoms with Gasteiger partial charge in [-0.2, -0.15) is 0 Å². The number of hydrogen-bond donors (Lipinski definition) is 1. The molecule has 0 aliphatic carbocycles. The predicted molar refractivity (Wildman–Crippen MR) is 54.6 cm³/mol. The largest absolute Gasteiger partial charge is 0.408 e. The van der Waals surface area contributed by atoms with Crippen LogP contribution in [0.4, 0.5) is 0 Å². The van der Waals surface area contributed by atoms with Crippen LogP contribution in [-0.2, 0) is 0 Å². The number of nitrogens with zero attached hydrogens (tertiary/aromatic N) is 1. The standard InChI is InChI=1S/C9H17BN2/c1-6-7(2)12(5)8(3)9(11)10(6)4/h11H2,1-5H3. The highest BCUT2D eigenvalue weighted by Gasteiger charge is 2.24. The van der Waals surface area contributed by atoms with Crippen LogP contribution in [0.1, 0.15) is 20.8 Å². The second kappa shape index (κ2) is 2.89. The van der Waals surface area contributed by atoms with Gasteiger partial charge in [-0.05, 0) is 26.4 Å². The van der Waals surface area contributed by atoms with Crippen LogP contribution in [0.5, 0.6) is 0 Å². The van der Waals surface area contributed by atoms with E-state index in [9.17, 15) is 0 Å². The Labute approximate surface area is 75.2 Å². The van der Waals surface area contributed by atoms with Crippen LogP contribution in [0.15, 0.2) is 22.5 Å². The second-order valence-electron chi connectivity index (χ2n) is 3.59. The fourth-order valence-corrected chi connectivity index (χ4v) is 1.57. The van der Waals surface area contributed by atoms with Crippen molar-refractivity contribution in [1.82, 2.24) is 4.90 Å². The number of nitrogens with two attached hydrogens (primary N) is 1. The molecule has 2 nitrogen and oxygen atoms in total. The molecule has 1 aliphatic heterocycles. The molecular formula is C9H17BN2. The molecular weight excluding hydrogens is 147 g/mol. The van der Waals surface area contributed by atoms with Gasteiger partial charge < -0.3 is 10.6 Å². The van der Waals surface area contributed by atoms with Gasteiger partial charge >= 0.3 is 0 Å².